The average molecular weight is 511 g/mol. The summed E-state index contributed by atoms with van der Waals surface area (Å²) in [5.74, 6) is 0.811. The Bertz CT molecular complexity index is 954. The molecule has 0 saturated heterocycles. The van der Waals surface area contributed by atoms with E-state index >= 15 is 0 Å². The van der Waals surface area contributed by atoms with Crippen LogP contribution in [-0.4, -0.2) is 60.0 Å². The molecule has 0 atom stereocenters. The molecule has 1 heterocycles. The second kappa shape index (κ2) is 15.1. The fourth-order valence-corrected chi connectivity index (χ4v) is 6.49. The van der Waals surface area contributed by atoms with Gasteiger partial charge in [0.05, 0.1) is 73.2 Å². The Morgan fingerprint density at radius 2 is 0.917 bits per heavy atom. The molecular weight excluding hydrogens is 475 g/mol. The van der Waals surface area contributed by atoms with Gasteiger partial charge in [0.2, 0.25) is 0 Å². The number of hydrogen-bond donors (Lipinski definition) is 0. The summed E-state index contributed by atoms with van der Waals surface area (Å²) in [5, 5.41) is 3.82. The molecule has 7 heteroatoms. The first-order valence-electron chi connectivity index (χ1n) is 12.4. The predicted molar refractivity (Wildman–Crippen MR) is 143 cm³/mol. The molecule has 2 bridgehead atoms. The minimum absolute atomic E-state index is 0.430. The minimum atomic E-state index is -0.769. The van der Waals surface area contributed by atoms with Gasteiger partial charge in [-0.3, -0.25) is 0 Å². The third-order valence-electron chi connectivity index (χ3n) is 5.72. The van der Waals surface area contributed by atoms with Crippen LogP contribution < -0.4 is 20.7 Å². The van der Waals surface area contributed by atoms with E-state index in [1.165, 1.54) is 15.9 Å². The van der Waals surface area contributed by atoms with E-state index < -0.39 is 7.92 Å². The first-order chi connectivity index (χ1) is 17.9. The maximum absolute atomic E-state index is 6.01. The van der Waals surface area contributed by atoms with Gasteiger partial charge in [0.15, 0.2) is 0 Å². The van der Waals surface area contributed by atoms with Crippen LogP contribution in [0, 0.1) is 0 Å². The van der Waals surface area contributed by atoms with Gasteiger partial charge in [0.1, 0.15) is 5.75 Å². The molecule has 0 amide bonds. The van der Waals surface area contributed by atoms with Crippen LogP contribution in [0.4, 0.5) is 0 Å². The third-order valence-corrected chi connectivity index (χ3v) is 8.13. The van der Waals surface area contributed by atoms with Gasteiger partial charge in [-0.2, -0.15) is 0 Å². The summed E-state index contributed by atoms with van der Waals surface area (Å²) in [4.78, 5) is 0. The number of hydrogen-bond acceptors (Lipinski definition) is 6. The van der Waals surface area contributed by atoms with Gasteiger partial charge in [0, 0.05) is 11.1 Å². The summed E-state index contributed by atoms with van der Waals surface area (Å²) in [7, 11) is 0.937. The van der Waals surface area contributed by atoms with Gasteiger partial charge in [0.25, 0.3) is 0 Å². The van der Waals surface area contributed by atoms with Gasteiger partial charge >= 0.3 is 0 Å². The quantitative estimate of drug-likeness (QED) is 0.501. The highest BCUT2D eigenvalue weighted by Gasteiger charge is 2.21. The monoisotopic (exact) mass is 510 g/mol. The summed E-state index contributed by atoms with van der Waals surface area (Å²) >= 11 is 0. The van der Waals surface area contributed by atoms with Crippen molar-refractivity contribution < 1.29 is 28.4 Å². The molecule has 0 fully saturated rings. The highest BCUT2D eigenvalue weighted by atomic mass is 31.1. The fourth-order valence-electron chi connectivity index (χ4n) is 4.08. The zero-order chi connectivity index (χ0) is 24.8. The van der Waals surface area contributed by atoms with Gasteiger partial charge < -0.3 is 28.4 Å². The van der Waals surface area contributed by atoms with E-state index in [4.69, 9.17) is 28.4 Å². The number of benzene rings is 3. The van der Waals surface area contributed by atoms with E-state index in [1.807, 2.05) is 0 Å². The standard InChI is InChI=1S/C29H35O6P/c1-30-29-24-20-28(36(26-8-4-2-5-9-26)27-10-6-3-7-11-27)21-25(29)23-35-19-17-33-15-13-31-12-14-32-16-18-34-22-24/h2-11,20-21H,12-19,22-23H2,1H3. The Balaban J connectivity index is 1.67. The molecule has 6 nitrogen and oxygen atoms in total. The molecule has 1 aliphatic rings. The molecule has 192 valence electrons. The first-order valence-corrected chi connectivity index (χ1v) is 13.7. The van der Waals surface area contributed by atoms with Crippen molar-refractivity contribution in [2.45, 2.75) is 13.2 Å². The van der Waals surface area contributed by atoms with Crippen LogP contribution in [0.2, 0.25) is 0 Å². The summed E-state index contributed by atoms with van der Waals surface area (Å²) < 4.78 is 34.7. The summed E-state index contributed by atoms with van der Waals surface area (Å²) in [6.07, 6.45) is 0. The Hall–Kier alpha value is -2.31. The molecule has 0 aromatic heterocycles. The van der Waals surface area contributed by atoms with Crippen molar-refractivity contribution in [2.75, 3.05) is 60.0 Å². The van der Waals surface area contributed by atoms with Crippen LogP contribution in [0.3, 0.4) is 0 Å². The molecule has 3 aromatic rings. The summed E-state index contributed by atoms with van der Waals surface area (Å²) in [6, 6.07) is 25.8. The van der Waals surface area contributed by atoms with Gasteiger partial charge in [-0.05, 0) is 36.0 Å². The number of fused-ring (bicyclic) bond motifs is 2. The Kier molecular flexibility index (Phi) is 11.2. The van der Waals surface area contributed by atoms with Crippen molar-refractivity contribution in [3.63, 3.8) is 0 Å². The summed E-state index contributed by atoms with van der Waals surface area (Å²) in [5.41, 5.74) is 2.02. The molecule has 4 rings (SSSR count). The minimum Gasteiger partial charge on any atom is -0.496 e. The number of ether oxygens (including phenoxy) is 6. The van der Waals surface area contributed by atoms with E-state index in [1.54, 1.807) is 7.11 Å². The summed E-state index contributed by atoms with van der Waals surface area (Å²) in [6.45, 7) is 5.03. The van der Waals surface area contributed by atoms with Crippen LogP contribution in [0.15, 0.2) is 72.8 Å². The second-order valence-corrected chi connectivity index (χ2v) is 10.5. The third kappa shape index (κ3) is 7.84. The largest absolute Gasteiger partial charge is 0.496 e. The van der Waals surface area contributed by atoms with E-state index in [0.29, 0.717) is 66.1 Å². The molecule has 0 spiro atoms. The zero-order valence-electron chi connectivity index (χ0n) is 20.9. The molecule has 1 aliphatic heterocycles. The van der Waals surface area contributed by atoms with Crippen molar-refractivity contribution in [2.24, 2.45) is 0 Å². The normalized spacial score (nSPS) is 16.7. The van der Waals surface area contributed by atoms with Crippen LogP contribution >= 0.6 is 7.92 Å². The Morgan fingerprint density at radius 1 is 0.528 bits per heavy atom. The zero-order valence-corrected chi connectivity index (χ0v) is 21.8. The van der Waals surface area contributed by atoms with Crippen LogP contribution in [0.1, 0.15) is 11.1 Å². The maximum Gasteiger partial charge on any atom is 0.129 e. The topological polar surface area (TPSA) is 55.4 Å². The van der Waals surface area contributed by atoms with Crippen LogP contribution in [0.25, 0.3) is 0 Å². The van der Waals surface area contributed by atoms with E-state index in [0.717, 1.165) is 16.9 Å². The molecule has 0 unspecified atom stereocenters. The van der Waals surface area contributed by atoms with Crippen LogP contribution in [-0.2, 0) is 36.9 Å². The predicted octanol–water partition coefficient (Wildman–Crippen LogP) is 3.55. The van der Waals surface area contributed by atoms with Gasteiger partial charge in [-0.1, -0.05) is 60.7 Å². The van der Waals surface area contributed by atoms with Crippen molar-refractivity contribution in [1.29, 1.82) is 0 Å². The highest BCUT2D eigenvalue weighted by molar-refractivity contribution is 7.79. The second-order valence-electron chi connectivity index (χ2n) is 8.25. The van der Waals surface area contributed by atoms with Crippen molar-refractivity contribution in [1.82, 2.24) is 0 Å². The van der Waals surface area contributed by atoms with E-state index in [9.17, 15) is 0 Å². The Morgan fingerprint density at radius 3 is 1.31 bits per heavy atom. The van der Waals surface area contributed by atoms with E-state index in [-0.39, 0.29) is 0 Å². The number of rotatable bonds is 4. The SMILES string of the molecule is COc1c2cc(P(c3ccccc3)c3ccccc3)cc1COCCOCCOCCOCCOC2. The lowest BCUT2D eigenvalue weighted by Gasteiger charge is -2.23. The molecule has 0 saturated carbocycles. The Labute approximate surface area is 215 Å². The molecule has 0 radical (unpaired) electrons. The molecular formula is C29H35O6P. The highest BCUT2D eigenvalue weighted by Crippen LogP contribution is 2.36. The van der Waals surface area contributed by atoms with Crippen molar-refractivity contribution >= 4 is 23.8 Å². The molecule has 36 heavy (non-hydrogen) atoms. The van der Waals surface area contributed by atoms with Crippen molar-refractivity contribution in [3.8, 4) is 5.75 Å². The van der Waals surface area contributed by atoms with E-state index in [2.05, 4.69) is 72.8 Å². The lowest BCUT2D eigenvalue weighted by Crippen LogP contribution is -2.22. The fraction of sp³-hybridized carbons (Fsp3) is 0.379. The lowest BCUT2D eigenvalue weighted by atomic mass is 10.1. The van der Waals surface area contributed by atoms with Gasteiger partial charge in [-0.25, -0.2) is 0 Å². The van der Waals surface area contributed by atoms with Crippen molar-refractivity contribution in [3.05, 3.63) is 83.9 Å². The maximum atomic E-state index is 6.01. The molecule has 0 aliphatic carbocycles. The lowest BCUT2D eigenvalue weighted by molar-refractivity contribution is -0.0147. The average Bonchev–Trinajstić information content (AvgIpc) is 2.91. The smallest absolute Gasteiger partial charge is 0.129 e. The van der Waals surface area contributed by atoms with Gasteiger partial charge in [-0.15, -0.1) is 0 Å². The van der Waals surface area contributed by atoms with Crippen LogP contribution in [0.5, 0.6) is 5.75 Å². The number of methoxy groups -OCH3 is 1. The molecule has 0 N–H and O–H groups in total. The first kappa shape index (κ1) is 26.7. The molecule has 3 aromatic carbocycles.